The molecule has 0 heterocycles. The predicted octanol–water partition coefficient (Wildman–Crippen LogP) is 4.45. The van der Waals surface area contributed by atoms with E-state index in [-0.39, 0.29) is 17.5 Å². The fourth-order valence-electron chi connectivity index (χ4n) is 3.86. The van der Waals surface area contributed by atoms with Gasteiger partial charge in [-0.2, -0.15) is 0 Å². The van der Waals surface area contributed by atoms with Crippen LogP contribution in [0.4, 0.5) is 4.39 Å². The summed E-state index contributed by atoms with van der Waals surface area (Å²) in [6.45, 7) is 2.11. The Hall–Kier alpha value is -2.22. The SMILES string of the molecule is Cc1ccc2c(c1)CCC([C@H]1Cc3cc(F)ccc3CC1=O)=C2. The minimum atomic E-state index is -0.213. The molecule has 0 aromatic heterocycles. The zero-order valence-electron chi connectivity index (χ0n) is 13.2. The molecule has 116 valence electrons. The first-order valence-electron chi connectivity index (χ1n) is 8.20. The van der Waals surface area contributed by atoms with Gasteiger partial charge in [-0.15, -0.1) is 0 Å². The van der Waals surface area contributed by atoms with Crippen LogP contribution in [0.3, 0.4) is 0 Å². The number of ketones is 1. The number of carbonyl (C=O) groups excluding carboxylic acids is 1. The maximum atomic E-state index is 13.5. The summed E-state index contributed by atoms with van der Waals surface area (Å²) < 4.78 is 13.5. The van der Waals surface area contributed by atoms with Crippen LogP contribution in [0.2, 0.25) is 0 Å². The van der Waals surface area contributed by atoms with Gasteiger partial charge in [-0.1, -0.05) is 41.5 Å². The van der Waals surface area contributed by atoms with Gasteiger partial charge in [0, 0.05) is 12.3 Å². The van der Waals surface area contributed by atoms with Crippen molar-refractivity contribution in [3.8, 4) is 0 Å². The van der Waals surface area contributed by atoms with Crippen molar-refractivity contribution in [2.24, 2.45) is 5.92 Å². The lowest BCUT2D eigenvalue weighted by molar-refractivity contribution is -0.121. The molecule has 0 unspecified atom stereocenters. The van der Waals surface area contributed by atoms with E-state index in [4.69, 9.17) is 0 Å². The molecule has 0 saturated heterocycles. The number of hydrogen-bond donors (Lipinski definition) is 0. The zero-order valence-corrected chi connectivity index (χ0v) is 13.2. The molecule has 23 heavy (non-hydrogen) atoms. The van der Waals surface area contributed by atoms with Crippen LogP contribution >= 0.6 is 0 Å². The number of benzene rings is 2. The smallest absolute Gasteiger partial charge is 0.144 e. The first kappa shape index (κ1) is 14.4. The Labute approximate surface area is 135 Å². The molecule has 0 amide bonds. The Kier molecular flexibility index (Phi) is 3.41. The number of Topliss-reactive ketones (excluding diaryl/α,β-unsaturated/α-hetero) is 1. The van der Waals surface area contributed by atoms with E-state index < -0.39 is 0 Å². The highest BCUT2D eigenvalue weighted by molar-refractivity contribution is 5.89. The Morgan fingerprint density at radius 3 is 2.74 bits per heavy atom. The van der Waals surface area contributed by atoms with Crippen molar-refractivity contribution in [1.29, 1.82) is 0 Å². The van der Waals surface area contributed by atoms with E-state index in [0.29, 0.717) is 12.8 Å². The highest BCUT2D eigenvalue weighted by atomic mass is 19.1. The van der Waals surface area contributed by atoms with E-state index in [1.54, 1.807) is 12.1 Å². The molecule has 2 aromatic rings. The van der Waals surface area contributed by atoms with Crippen LogP contribution in [0, 0.1) is 18.7 Å². The summed E-state index contributed by atoms with van der Waals surface area (Å²) in [5.41, 5.74) is 7.06. The lowest BCUT2D eigenvalue weighted by atomic mass is 9.75. The topological polar surface area (TPSA) is 17.1 Å². The van der Waals surface area contributed by atoms with Gasteiger partial charge in [0.15, 0.2) is 0 Å². The Balaban J connectivity index is 1.68. The van der Waals surface area contributed by atoms with Crippen LogP contribution in [-0.4, -0.2) is 5.78 Å². The van der Waals surface area contributed by atoms with Crippen molar-refractivity contribution in [2.45, 2.75) is 32.6 Å². The quantitative estimate of drug-likeness (QED) is 0.761. The van der Waals surface area contributed by atoms with E-state index in [0.717, 1.165) is 24.0 Å². The number of halogens is 1. The second kappa shape index (κ2) is 5.45. The van der Waals surface area contributed by atoms with Crippen LogP contribution in [-0.2, 0) is 24.1 Å². The molecule has 2 aliphatic carbocycles. The van der Waals surface area contributed by atoms with Crippen LogP contribution in [0.15, 0.2) is 42.0 Å². The van der Waals surface area contributed by atoms with Crippen LogP contribution < -0.4 is 0 Å². The zero-order chi connectivity index (χ0) is 16.0. The number of hydrogen-bond acceptors (Lipinski definition) is 1. The summed E-state index contributed by atoms with van der Waals surface area (Å²) in [7, 11) is 0. The predicted molar refractivity (Wildman–Crippen MR) is 89.8 cm³/mol. The Morgan fingerprint density at radius 1 is 1.00 bits per heavy atom. The molecule has 0 aliphatic heterocycles. The number of allylic oxidation sites excluding steroid dienone is 1. The van der Waals surface area contributed by atoms with Crippen LogP contribution in [0.5, 0.6) is 0 Å². The summed E-state index contributed by atoms with van der Waals surface area (Å²) >= 11 is 0. The van der Waals surface area contributed by atoms with Crippen molar-refractivity contribution >= 4 is 11.9 Å². The molecule has 0 N–H and O–H groups in total. The van der Waals surface area contributed by atoms with E-state index in [2.05, 4.69) is 31.2 Å². The van der Waals surface area contributed by atoms with Gasteiger partial charge in [-0.3, -0.25) is 4.79 Å². The van der Waals surface area contributed by atoms with Crippen molar-refractivity contribution in [2.75, 3.05) is 0 Å². The van der Waals surface area contributed by atoms with Crippen LogP contribution in [0.1, 0.15) is 34.2 Å². The largest absolute Gasteiger partial charge is 0.299 e. The first-order chi connectivity index (χ1) is 11.1. The number of carbonyl (C=O) groups is 1. The summed E-state index contributed by atoms with van der Waals surface area (Å²) in [5.74, 6) is -0.0278. The Morgan fingerprint density at radius 2 is 1.87 bits per heavy atom. The van der Waals surface area contributed by atoms with E-state index >= 15 is 0 Å². The Bertz CT molecular complexity index is 832. The number of rotatable bonds is 1. The van der Waals surface area contributed by atoms with Gasteiger partial charge in [0.25, 0.3) is 0 Å². The average Bonchev–Trinajstić information content (AvgIpc) is 2.54. The minimum absolute atomic E-state index is 0.0845. The van der Waals surface area contributed by atoms with Crippen molar-refractivity contribution in [3.05, 3.63) is 75.6 Å². The first-order valence-corrected chi connectivity index (χ1v) is 8.20. The molecule has 0 radical (unpaired) electrons. The third-order valence-corrected chi connectivity index (χ3v) is 5.12. The maximum absolute atomic E-state index is 13.5. The third-order valence-electron chi connectivity index (χ3n) is 5.12. The molecular weight excluding hydrogens is 287 g/mol. The molecule has 0 bridgehead atoms. The molecule has 2 aliphatic rings. The van der Waals surface area contributed by atoms with Gasteiger partial charge in [0.2, 0.25) is 0 Å². The molecule has 1 atom stereocenters. The highest BCUT2D eigenvalue weighted by Gasteiger charge is 2.30. The highest BCUT2D eigenvalue weighted by Crippen LogP contribution is 2.35. The monoisotopic (exact) mass is 306 g/mol. The van der Waals surface area contributed by atoms with Crippen molar-refractivity contribution in [3.63, 3.8) is 0 Å². The normalized spacial score (nSPS) is 19.8. The molecule has 2 heteroatoms. The summed E-state index contributed by atoms with van der Waals surface area (Å²) in [6, 6.07) is 11.3. The molecular formula is C21H19FO. The molecule has 2 aromatic carbocycles. The van der Waals surface area contributed by atoms with Gasteiger partial charge < -0.3 is 0 Å². The number of fused-ring (bicyclic) bond motifs is 2. The summed E-state index contributed by atoms with van der Waals surface area (Å²) in [5, 5.41) is 0. The maximum Gasteiger partial charge on any atom is 0.144 e. The summed E-state index contributed by atoms with van der Waals surface area (Å²) in [6.07, 6.45) is 5.17. The van der Waals surface area contributed by atoms with E-state index in [1.807, 2.05) is 0 Å². The average molecular weight is 306 g/mol. The van der Waals surface area contributed by atoms with Crippen molar-refractivity contribution < 1.29 is 9.18 Å². The van der Waals surface area contributed by atoms with E-state index in [9.17, 15) is 9.18 Å². The van der Waals surface area contributed by atoms with Gasteiger partial charge in [-0.05, 0) is 60.6 Å². The molecule has 1 nitrogen and oxygen atoms in total. The molecule has 0 fully saturated rings. The second-order valence-electron chi connectivity index (χ2n) is 6.73. The van der Waals surface area contributed by atoms with Gasteiger partial charge >= 0.3 is 0 Å². The molecule has 4 rings (SSSR count). The molecule has 0 spiro atoms. The fraction of sp³-hybridized carbons (Fsp3) is 0.286. The lowest BCUT2D eigenvalue weighted by Gasteiger charge is -2.28. The summed E-state index contributed by atoms with van der Waals surface area (Å²) in [4.78, 5) is 12.6. The lowest BCUT2D eigenvalue weighted by Crippen LogP contribution is -2.28. The third kappa shape index (κ3) is 2.63. The van der Waals surface area contributed by atoms with E-state index in [1.165, 1.54) is 28.3 Å². The van der Waals surface area contributed by atoms with Crippen LogP contribution in [0.25, 0.3) is 6.08 Å². The van der Waals surface area contributed by atoms with Gasteiger partial charge in [0.1, 0.15) is 11.6 Å². The number of aryl methyl sites for hydroxylation is 2. The standard InChI is InChI=1S/C21H19FO/c1-13-2-3-15-9-17(5-4-14(15)8-13)20-11-18-10-19(22)7-6-16(18)12-21(20)23/h2-3,6-10,20H,4-5,11-12H2,1H3/t20-/m1/s1. The molecule has 0 saturated carbocycles. The van der Waals surface area contributed by atoms with Crippen molar-refractivity contribution in [1.82, 2.24) is 0 Å². The minimum Gasteiger partial charge on any atom is -0.299 e. The second-order valence-corrected chi connectivity index (χ2v) is 6.73. The van der Waals surface area contributed by atoms with Gasteiger partial charge in [-0.25, -0.2) is 4.39 Å². The van der Waals surface area contributed by atoms with Gasteiger partial charge in [0.05, 0.1) is 0 Å². The fourth-order valence-corrected chi connectivity index (χ4v) is 3.86.